The average Bonchev–Trinajstić information content (AvgIpc) is 3.18. The highest BCUT2D eigenvalue weighted by Crippen LogP contribution is 2.33. The molecule has 0 bridgehead atoms. The van der Waals surface area contributed by atoms with Crippen LogP contribution in [0.15, 0.2) is 12.1 Å². The Kier molecular flexibility index (Phi) is 5.76. The molecule has 1 aliphatic rings. The summed E-state index contributed by atoms with van der Waals surface area (Å²) in [4.78, 5) is 0. The minimum absolute atomic E-state index is 0.492. The fourth-order valence-corrected chi connectivity index (χ4v) is 2.39. The van der Waals surface area contributed by atoms with Gasteiger partial charge in [0.2, 0.25) is 0 Å². The molecule has 3 nitrogen and oxygen atoms in total. The molecule has 19 heavy (non-hydrogen) atoms. The fourth-order valence-electron chi connectivity index (χ4n) is 1.80. The third kappa shape index (κ3) is 4.84. The first-order valence-corrected chi connectivity index (χ1v) is 7.38. The number of hydrogen-bond acceptors (Lipinski definition) is 3. The standard InChI is InChI=1S/C14H19Cl2NO2/c1-2-18-5-6-19-14-10(9-17-12-3-4-12)7-11(15)8-13(14)16/h7-8,12,17H,2-6,9H2,1H3. The van der Waals surface area contributed by atoms with Gasteiger partial charge in [0.15, 0.2) is 0 Å². The molecule has 0 aliphatic heterocycles. The van der Waals surface area contributed by atoms with Gasteiger partial charge in [-0.15, -0.1) is 0 Å². The molecule has 2 rings (SSSR count). The van der Waals surface area contributed by atoms with Crippen LogP contribution in [0.25, 0.3) is 0 Å². The van der Waals surface area contributed by atoms with Crippen LogP contribution in [0.3, 0.4) is 0 Å². The van der Waals surface area contributed by atoms with Crippen LogP contribution >= 0.6 is 23.2 Å². The van der Waals surface area contributed by atoms with Gasteiger partial charge < -0.3 is 14.8 Å². The predicted molar refractivity (Wildman–Crippen MR) is 78.3 cm³/mol. The zero-order valence-corrected chi connectivity index (χ0v) is 12.6. The van der Waals surface area contributed by atoms with Crippen LogP contribution in [-0.4, -0.2) is 25.9 Å². The van der Waals surface area contributed by atoms with Gasteiger partial charge in [-0.1, -0.05) is 23.2 Å². The fraction of sp³-hybridized carbons (Fsp3) is 0.571. The summed E-state index contributed by atoms with van der Waals surface area (Å²) in [5, 5.41) is 4.63. The van der Waals surface area contributed by atoms with Crippen molar-refractivity contribution in [3.8, 4) is 5.75 Å². The molecule has 0 heterocycles. The van der Waals surface area contributed by atoms with Crippen LogP contribution in [0.5, 0.6) is 5.75 Å². The Balaban J connectivity index is 1.99. The van der Waals surface area contributed by atoms with Crippen LogP contribution in [0.1, 0.15) is 25.3 Å². The van der Waals surface area contributed by atoms with Crippen molar-refractivity contribution < 1.29 is 9.47 Å². The summed E-state index contributed by atoms with van der Waals surface area (Å²) in [7, 11) is 0. The number of ether oxygens (including phenoxy) is 2. The highest BCUT2D eigenvalue weighted by atomic mass is 35.5. The molecule has 0 saturated heterocycles. The predicted octanol–water partition coefficient (Wildman–Crippen LogP) is 3.66. The van der Waals surface area contributed by atoms with E-state index in [4.69, 9.17) is 32.7 Å². The van der Waals surface area contributed by atoms with E-state index in [1.807, 2.05) is 13.0 Å². The molecule has 0 spiro atoms. The summed E-state index contributed by atoms with van der Waals surface area (Å²) in [6.07, 6.45) is 2.49. The van der Waals surface area contributed by atoms with Gasteiger partial charge in [0.1, 0.15) is 12.4 Å². The molecule has 0 atom stereocenters. The van der Waals surface area contributed by atoms with Crippen molar-refractivity contribution in [3.63, 3.8) is 0 Å². The summed E-state index contributed by atoms with van der Waals surface area (Å²) in [5.41, 5.74) is 1.00. The molecule has 1 aliphatic carbocycles. The van der Waals surface area contributed by atoms with E-state index in [2.05, 4.69) is 5.32 Å². The normalized spacial score (nSPS) is 14.7. The van der Waals surface area contributed by atoms with Gasteiger partial charge in [0, 0.05) is 29.8 Å². The molecule has 1 N–H and O–H groups in total. The van der Waals surface area contributed by atoms with E-state index in [9.17, 15) is 0 Å². The SMILES string of the molecule is CCOCCOc1c(Cl)cc(Cl)cc1CNC1CC1. The summed E-state index contributed by atoms with van der Waals surface area (Å²) in [6, 6.07) is 4.24. The van der Waals surface area contributed by atoms with Gasteiger partial charge >= 0.3 is 0 Å². The molecule has 1 aromatic rings. The van der Waals surface area contributed by atoms with Gasteiger partial charge in [-0.25, -0.2) is 0 Å². The molecule has 1 saturated carbocycles. The van der Waals surface area contributed by atoms with E-state index >= 15 is 0 Å². The first-order valence-electron chi connectivity index (χ1n) is 6.62. The van der Waals surface area contributed by atoms with Crippen molar-refractivity contribution in [1.82, 2.24) is 5.32 Å². The molecule has 1 aromatic carbocycles. The summed E-state index contributed by atoms with van der Waals surface area (Å²) < 4.78 is 11.0. The zero-order chi connectivity index (χ0) is 13.7. The van der Waals surface area contributed by atoms with Crippen LogP contribution in [0.4, 0.5) is 0 Å². The van der Waals surface area contributed by atoms with Crippen molar-refractivity contribution in [3.05, 3.63) is 27.7 Å². The number of benzene rings is 1. The Morgan fingerprint density at radius 2 is 2.05 bits per heavy atom. The number of rotatable bonds is 8. The Morgan fingerprint density at radius 1 is 1.26 bits per heavy atom. The Morgan fingerprint density at radius 3 is 2.74 bits per heavy atom. The van der Waals surface area contributed by atoms with Gasteiger partial charge in [0.25, 0.3) is 0 Å². The molecule has 0 aromatic heterocycles. The topological polar surface area (TPSA) is 30.5 Å². The van der Waals surface area contributed by atoms with Crippen LogP contribution in [0, 0.1) is 0 Å². The Bertz CT molecular complexity index is 422. The minimum Gasteiger partial charge on any atom is -0.489 e. The van der Waals surface area contributed by atoms with E-state index < -0.39 is 0 Å². The van der Waals surface area contributed by atoms with Gasteiger partial charge in [-0.05, 0) is 31.9 Å². The molecule has 0 radical (unpaired) electrons. The second-order valence-corrected chi connectivity index (χ2v) is 5.42. The van der Waals surface area contributed by atoms with Gasteiger partial charge in [-0.2, -0.15) is 0 Å². The van der Waals surface area contributed by atoms with Crippen molar-refractivity contribution in [1.29, 1.82) is 0 Å². The summed E-state index contributed by atoms with van der Waals surface area (Å²) >= 11 is 12.2. The first-order chi connectivity index (χ1) is 9.20. The number of halogens is 2. The first kappa shape index (κ1) is 14.9. The maximum Gasteiger partial charge on any atom is 0.142 e. The maximum atomic E-state index is 6.20. The number of hydrogen-bond donors (Lipinski definition) is 1. The minimum atomic E-state index is 0.492. The average molecular weight is 304 g/mol. The smallest absolute Gasteiger partial charge is 0.142 e. The van der Waals surface area contributed by atoms with E-state index in [0.717, 1.165) is 12.1 Å². The van der Waals surface area contributed by atoms with Crippen LogP contribution in [0.2, 0.25) is 10.0 Å². The quantitative estimate of drug-likeness (QED) is 0.744. The molecular formula is C14H19Cl2NO2. The third-order valence-corrected chi connectivity index (χ3v) is 3.42. The molecular weight excluding hydrogens is 285 g/mol. The molecule has 5 heteroatoms. The lowest BCUT2D eigenvalue weighted by atomic mass is 10.2. The van der Waals surface area contributed by atoms with Crippen molar-refractivity contribution >= 4 is 23.2 Å². The van der Waals surface area contributed by atoms with Crippen molar-refractivity contribution in [2.24, 2.45) is 0 Å². The highest BCUT2D eigenvalue weighted by Gasteiger charge is 2.21. The maximum absolute atomic E-state index is 6.20. The molecule has 0 amide bonds. The Labute approximate surface area is 124 Å². The second kappa shape index (κ2) is 7.34. The summed E-state index contributed by atoms with van der Waals surface area (Å²) in [6.45, 7) is 4.43. The van der Waals surface area contributed by atoms with E-state index in [1.165, 1.54) is 12.8 Å². The van der Waals surface area contributed by atoms with Crippen LogP contribution in [-0.2, 0) is 11.3 Å². The van der Waals surface area contributed by atoms with Gasteiger partial charge in [0.05, 0.1) is 11.6 Å². The molecule has 0 unspecified atom stereocenters. The van der Waals surface area contributed by atoms with Crippen molar-refractivity contribution in [2.75, 3.05) is 19.8 Å². The monoisotopic (exact) mass is 303 g/mol. The van der Waals surface area contributed by atoms with Gasteiger partial charge in [-0.3, -0.25) is 0 Å². The van der Waals surface area contributed by atoms with E-state index in [0.29, 0.717) is 41.7 Å². The summed E-state index contributed by atoms with van der Waals surface area (Å²) in [5.74, 6) is 0.707. The Hall–Kier alpha value is -0.480. The largest absolute Gasteiger partial charge is 0.489 e. The lowest BCUT2D eigenvalue weighted by Crippen LogP contribution is -2.17. The van der Waals surface area contributed by atoms with Crippen molar-refractivity contribution in [2.45, 2.75) is 32.4 Å². The third-order valence-electron chi connectivity index (χ3n) is 2.92. The lowest BCUT2D eigenvalue weighted by molar-refractivity contribution is 0.110. The lowest BCUT2D eigenvalue weighted by Gasteiger charge is -2.14. The molecule has 106 valence electrons. The molecule has 1 fully saturated rings. The van der Waals surface area contributed by atoms with E-state index in [1.54, 1.807) is 6.07 Å². The second-order valence-electron chi connectivity index (χ2n) is 4.58. The number of nitrogens with one attached hydrogen (secondary N) is 1. The van der Waals surface area contributed by atoms with Crippen LogP contribution < -0.4 is 10.1 Å². The zero-order valence-electron chi connectivity index (χ0n) is 11.0. The van der Waals surface area contributed by atoms with E-state index in [-0.39, 0.29) is 0 Å². The highest BCUT2D eigenvalue weighted by molar-refractivity contribution is 6.35.